The average molecular weight is 414 g/mol. The number of halogens is 4. The van der Waals surface area contributed by atoms with E-state index in [2.05, 4.69) is 5.10 Å². The van der Waals surface area contributed by atoms with Gasteiger partial charge in [-0.2, -0.15) is 5.10 Å². The fourth-order valence-electron chi connectivity index (χ4n) is 2.54. The first-order chi connectivity index (χ1) is 12.3. The summed E-state index contributed by atoms with van der Waals surface area (Å²) in [7, 11) is 2.99. The summed E-state index contributed by atoms with van der Waals surface area (Å²) in [5, 5.41) is 4.70. The average Bonchev–Trinajstić information content (AvgIpc) is 2.61. The maximum absolute atomic E-state index is 13.5. The van der Waals surface area contributed by atoms with Crippen molar-refractivity contribution >= 4 is 34.8 Å². The molecular weight excluding hydrogens is 402 g/mol. The molecule has 3 rings (SSSR count). The van der Waals surface area contributed by atoms with Crippen molar-refractivity contribution in [3.05, 3.63) is 67.6 Å². The number of rotatable bonds is 3. The highest BCUT2D eigenvalue weighted by molar-refractivity contribution is 6.37. The Morgan fingerprint density at radius 2 is 1.77 bits per heavy atom. The van der Waals surface area contributed by atoms with Crippen molar-refractivity contribution in [2.24, 2.45) is 7.05 Å². The Kier molecular flexibility index (Phi) is 5.23. The molecule has 0 atom stereocenters. The van der Waals surface area contributed by atoms with Crippen LogP contribution < -0.4 is 10.3 Å². The quantitative estimate of drug-likeness (QED) is 0.591. The standard InChI is InChI=1S/C18H12Cl3FN2O2/c1-24-18(25)16(21)15(11-5-3-9(22)7-14(11)20)17(23-24)12-8-10(26-2)4-6-13(12)19/h3-8H,1-2H3. The molecule has 0 aliphatic carbocycles. The van der Waals surface area contributed by atoms with Crippen LogP contribution in [0.3, 0.4) is 0 Å². The smallest absolute Gasteiger partial charge is 0.285 e. The molecule has 1 heterocycles. The molecular formula is C18H12Cl3FN2O2. The fourth-order valence-corrected chi connectivity index (χ4v) is 3.32. The first kappa shape index (κ1) is 18.7. The Bertz CT molecular complexity index is 1070. The second kappa shape index (κ2) is 7.27. The summed E-state index contributed by atoms with van der Waals surface area (Å²) in [5.74, 6) is 0.0416. The van der Waals surface area contributed by atoms with Crippen LogP contribution in [0.5, 0.6) is 5.75 Å². The van der Waals surface area contributed by atoms with Gasteiger partial charge >= 0.3 is 0 Å². The van der Waals surface area contributed by atoms with E-state index in [1.54, 1.807) is 18.2 Å². The van der Waals surface area contributed by atoms with Gasteiger partial charge in [-0.25, -0.2) is 9.07 Å². The Labute approximate surface area is 163 Å². The van der Waals surface area contributed by atoms with Crippen LogP contribution in [0.25, 0.3) is 22.4 Å². The molecule has 3 aromatic rings. The molecule has 134 valence electrons. The molecule has 0 N–H and O–H groups in total. The summed E-state index contributed by atoms with van der Waals surface area (Å²) < 4.78 is 19.8. The van der Waals surface area contributed by atoms with Crippen molar-refractivity contribution in [3.63, 3.8) is 0 Å². The zero-order valence-electron chi connectivity index (χ0n) is 13.7. The number of nitrogens with zero attached hydrogens (tertiary/aromatic N) is 2. The first-order valence-electron chi connectivity index (χ1n) is 7.39. The fraction of sp³-hybridized carbons (Fsp3) is 0.111. The molecule has 0 amide bonds. The zero-order chi connectivity index (χ0) is 19.0. The SMILES string of the molecule is COc1ccc(Cl)c(-c2nn(C)c(=O)c(Cl)c2-c2ccc(F)cc2Cl)c1. The van der Waals surface area contributed by atoms with E-state index in [-0.39, 0.29) is 15.6 Å². The van der Waals surface area contributed by atoms with Crippen LogP contribution in [0.2, 0.25) is 15.1 Å². The van der Waals surface area contributed by atoms with Gasteiger partial charge < -0.3 is 4.74 Å². The highest BCUT2D eigenvalue weighted by atomic mass is 35.5. The van der Waals surface area contributed by atoms with Gasteiger partial charge in [0.15, 0.2) is 0 Å². The summed E-state index contributed by atoms with van der Waals surface area (Å²) in [6, 6.07) is 8.82. The van der Waals surface area contributed by atoms with Gasteiger partial charge in [0, 0.05) is 23.7 Å². The van der Waals surface area contributed by atoms with Gasteiger partial charge in [0.1, 0.15) is 22.3 Å². The lowest BCUT2D eigenvalue weighted by molar-refractivity contribution is 0.415. The molecule has 0 saturated carbocycles. The molecule has 2 aromatic carbocycles. The third-order valence-electron chi connectivity index (χ3n) is 3.82. The van der Waals surface area contributed by atoms with E-state index in [9.17, 15) is 9.18 Å². The van der Waals surface area contributed by atoms with Crippen molar-refractivity contribution in [2.45, 2.75) is 0 Å². The normalized spacial score (nSPS) is 10.8. The molecule has 0 bridgehead atoms. The first-order valence-corrected chi connectivity index (χ1v) is 8.53. The zero-order valence-corrected chi connectivity index (χ0v) is 16.0. The van der Waals surface area contributed by atoms with Gasteiger partial charge in [0.2, 0.25) is 0 Å². The molecule has 0 radical (unpaired) electrons. The second-order valence-corrected chi connectivity index (χ2v) is 6.63. The largest absolute Gasteiger partial charge is 0.497 e. The molecule has 0 spiro atoms. The lowest BCUT2D eigenvalue weighted by atomic mass is 9.99. The second-order valence-electron chi connectivity index (χ2n) is 5.44. The molecule has 0 fully saturated rings. The van der Waals surface area contributed by atoms with Crippen LogP contribution in [0, 0.1) is 5.82 Å². The van der Waals surface area contributed by atoms with Gasteiger partial charge in [-0.05, 0) is 36.4 Å². The number of methoxy groups -OCH3 is 1. The van der Waals surface area contributed by atoms with Crippen molar-refractivity contribution in [1.29, 1.82) is 0 Å². The van der Waals surface area contributed by atoms with Crippen molar-refractivity contribution in [2.75, 3.05) is 7.11 Å². The molecule has 0 aliphatic heterocycles. The van der Waals surface area contributed by atoms with Gasteiger partial charge in [0.25, 0.3) is 5.56 Å². The lowest BCUT2D eigenvalue weighted by Gasteiger charge is -2.15. The number of ether oxygens (including phenoxy) is 1. The lowest BCUT2D eigenvalue weighted by Crippen LogP contribution is -2.21. The molecule has 26 heavy (non-hydrogen) atoms. The van der Waals surface area contributed by atoms with Gasteiger partial charge in [-0.1, -0.05) is 34.8 Å². The topological polar surface area (TPSA) is 44.1 Å². The number of hydrogen-bond donors (Lipinski definition) is 0. The van der Waals surface area contributed by atoms with E-state index in [0.29, 0.717) is 27.6 Å². The number of hydrogen-bond acceptors (Lipinski definition) is 3. The highest BCUT2D eigenvalue weighted by Crippen LogP contribution is 2.41. The van der Waals surface area contributed by atoms with Crippen LogP contribution in [-0.2, 0) is 7.05 Å². The predicted molar refractivity (Wildman–Crippen MR) is 102 cm³/mol. The van der Waals surface area contributed by atoms with Gasteiger partial charge in [0.05, 0.1) is 17.2 Å². The Balaban J connectivity index is 2.42. The number of benzene rings is 2. The van der Waals surface area contributed by atoms with Crippen molar-refractivity contribution in [3.8, 4) is 28.1 Å². The van der Waals surface area contributed by atoms with E-state index in [0.717, 1.165) is 10.7 Å². The van der Waals surface area contributed by atoms with Crippen LogP contribution in [0.4, 0.5) is 4.39 Å². The molecule has 1 aromatic heterocycles. The third kappa shape index (κ3) is 3.30. The van der Waals surface area contributed by atoms with E-state index in [1.807, 2.05) is 0 Å². The molecule has 4 nitrogen and oxygen atoms in total. The maximum Gasteiger partial charge on any atom is 0.285 e. The Hall–Kier alpha value is -2.08. The minimum absolute atomic E-state index is 0.0927. The van der Waals surface area contributed by atoms with Crippen LogP contribution in [-0.4, -0.2) is 16.9 Å². The van der Waals surface area contributed by atoms with E-state index < -0.39 is 11.4 Å². The van der Waals surface area contributed by atoms with Gasteiger partial charge in [-0.15, -0.1) is 0 Å². The van der Waals surface area contributed by atoms with Crippen molar-refractivity contribution < 1.29 is 9.13 Å². The van der Waals surface area contributed by atoms with Gasteiger partial charge in [-0.3, -0.25) is 4.79 Å². The highest BCUT2D eigenvalue weighted by Gasteiger charge is 2.22. The summed E-state index contributed by atoms with van der Waals surface area (Å²) in [5.41, 5.74) is 0.963. The molecule has 8 heteroatoms. The third-order valence-corrected chi connectivity index (χ3v) is 4.81. The van der Waals surface area contributed by atoms with Crippen LogP contribution in [0.15, 0.2) is 41.2 Å². The summed E-state index contributed by atoms with van der Waals surface area (Å²) in [4.78, 5) is 12.3. The molecule has 0 aliphatic rings. The van der Waals surface area contributed by atoms with Crippen LogP contribution in [0.1, 0.15) is 0 Å². The van der Waals surface area contributed by atoms with E-state index in [1.165, 1.54) is 26.3 Å². The monoisotopic (exact) mass is 412 g/mol. The van der Waals surface area contributed by atoms with Crippen molar-refractivity contribution in [1.82, 2.24) is 9.78 Å². The summed E-state index contributed by atoms with van der Waals surface area (Å²) >= 11 is 18.9. The maximum atomic E-state index is 13.5. The molecule has 0 unspecified atom stereocenters. The van der Waals surface area contributed by atoms with E-state index >= 15 is 0 Å². The summed E-state index contributed by atoms with van der Waals surface area (Å²) in [6.07, 6.45) is 0. The minimum atomic E-state index is -0.509. The Morgan fingerprint density at radius 1 is 1.04 bits per heavy atom. The van der Waals surface area contributed by atoms with E-state index in [4.69, 9.17) is 39.5 Å². The summed E-state index contributed by atoms with van der Waals surface area (Å²) in [6.45, 7) is 0. The number of aromatic nitrogens is 2. The predicted octanol–water partition coefficient (Wildman–Crippen LogP) is 5.22. The molecule has 0 saturated heterocycles. The number of aryl methyl sites for hydroxylation is 1. The minimum Gasteiger partial charge on any atom is -0.497 e. The van der Waals surface area contributed by atoms with Crippen LogP contribution >= 0.6 is 34.8 Å². The Morgan fingerprint density at radius 3 is 2.42 bits per heavy atom.